The molecule has 1 aliphatic heterocycles. The first-order valence-corrected chi connectivity index (χ1v) is 7.64. The summed E-state index contributed by atoms with van der Waals surface area (Å²) in [5, 5.41) is 8.85. The van der Waals surface area contributed by atoms with Crippen molar-refractivity contribution in [3.05, 3.63) is 65.7 Å². The van der Waals surface area contributed by atoms with Crippen molar-refractivity contribution in [3.8, 4) is 6.07 Å². The summed E-state index contributed by atoms with van der Waals surface area (Å²) in [6, 6.07) is 20.9. The molecule has 1 saturated heterocycles. The zero-order valence-corrected chi connectivity index (χ0v) is 12.2. The molecule has 1 aliphatic rings. The lowest BCUT2D eigenvalue weighted by molar-refractivity contribution is 0.404. The highest BCUT2D eigenvalue weighted by molar-refractivity contribution is 5.49. The number of benzene rings is 2. The van der Waals surface area contributed by atoms with Crippen LogP contribution in [-0.2, 0) is 6.42 Å². The summed E-state index contributed by atoms with van der Waals surface area (Å²) in [6.07, 6.45) is 3.69. The standard InChI is InChI=1S/C19H20N2/c20-15-18-6-8-19(9-7-18)21-12-10-17(11-13-21)14-16-4-2-1-3-5-16/h1-9,17H,10-14H2. The third-order valence-corrected chi connectivity index (χ3v) is 4.34. The number of nitrogens with zero attached hydrogens (tertiary/aromatic N) is 2. The van der Waals surface area contributed by atoms with Crippen LogP contribution in [0.1, 0.15) is 24.0 Å². The Morgan fingerprint density at radius 2 is 1.62 bits per heavy atom. The molecule has 0 spiro atoms. The monoisotopic (exact) mass is 276 g/mol. The van der Waals surface area contributed by atoms with Crippen LogP contribution in [0.25, 0.3) is 0 Å². The number of hydrogen-bond acceptors (Lipinski definition) is 2. The molecule has 0 aliphatic carbocycles. The van der Waals surface area contributed by atoms with E-state index in [9.17, 15) is 0 Å². The van der Waals surface area contributed by atoms with Crippen molar-refractivity contribution in [2.24, 2.45) is 5.92 Å². The lowest BCUT2D eigenvalue weighted by atomic mass is 9.90. The molecule has 2 nitrogen and oxygen atoms in total. The largest absolute Gasteiger partial charge is 0.372 e. The fourth-order valence-corrected chi connectivity index (χ4v) is 3.09. The van der Waals surface area contributed by atoms with Crippen molar-refractivity contribution in [2.45, 2.75) is 19.3 Å². The molecular weight excluding hydrogens is 256 g/mol. The summed E-state index contributed by atoms with van der Waals surface area (Å²) in [7, 11) is 0. The summed E-state index contributed by atoms with van der Waals surface area (Å²) in [5.41, 5.74) is 3.43. The van der Waals surface area contributed by atoms with Crippen LogP contribution in [0.15, 0.2) is 54.6 Å². The summed E-state index contributed by atoms with van der Waals surface area (Å²) < 4.78 is 0. The van der Waals surface area contributed by atoms with Crippen molar-refractivity contribution in [3.63, 3.8) is 0 Å². The SMILES string of the molecule is N#Cc1ccc(N2CCC(Cc3ccccc3)CC2)cc1. The Morgan fingerprint density at radius 1 is 0.952 bits per heavy atom. The fourth-order valence-electron chi connectivity index (χ4n) is 3.09. The van der Waals surface area contributed by atoms with Crippen LogP contribution in [0.4, 0.5) is 5.69 Å². The number of piperidine rings is 1. The van der Waals surface area contributed by atoms with Gasteiger partial charge in [0.05, 0.1) is 11.6 Å². The lowest BCUT2D eigenvalue weighted by Crippen LogP contribution is -2.34. The van der Waals surface area contributed by atoms with Gasteiger partial charge in [-0.2, -0.15) is 5.26 Å². The van der Waals surface area contributed by atoms with Gasteiger partial charge >= 0.3 is 0 Å². The molecule has 0 amide bonds. The minimum Gasteiger partial charge on any atom is -0.372 e. The Kier molecular flexibility index (Phi) is 4.21. The van der Waals surface area contributed by atoms with Gasteiger partial charge in [-0.1, -0.05) is 30.3 Å². The van der Waals surface area contributed by atoms with Gasteiger partial charge < -0.3 is 4.90 Å². The van der Waals surface area contributed by atoms with E-state index in [1.54, 1.807) is 0 Å². The maximum Gasteiger partial charge on any atom is 0.0991 e. The quantitative estimate of drug-likeness (QED) is 0.846. The van der Waals surface area contributed by atoms with Gasteiger partial charge in [0.2, 0.25) is 0 Å². The van der Waals surface area contributed by atoms with Gasteiger partial charge in [-0.3, -0.25) is 0 Å². The van der Waals surface area contributed by atoms with Crippen molar-refractivity contribution in [2.75, 3.05) is 18.0 Å². The minimum absolute atomic E-state index is 0.734. The minimum atomic E-state index is 0.734. The van der Waals surface area contributed by atoms with E-state index in [0.717, 1.165) is 24.6 Å². The average molecular weight is 276 g/mol. The van der Waals surface area contributed by atoms with E-state index in [-0.39, 0.29) is 0 Å². The second-order valence-corrected chi connectivity index (χ2v) is 5.78. The molecule has 3 rings (SSSR count). The zero-order chi connectivity index (χ0) is 14.5. The van der Waals surface area contributed by atoms with Crippen LogP contribution in [-0.4, -0.2) is 13.1 Å². The first-order chi connectivity index (χ1) is 10.3. The molecular formula is C19H20N2. The van der Waals surface area contributed by atoms with Gasteiger partial charge in [-0.05, 0) is 55.0 Å². The average Bonchev–Trinajstić information content (AvgIpc) is 2.57. The van der Waals surface area contributed by atoms with E-state index >= 15 is 0 Å². The molecule has 2 heteroatoms. The summed E-state index contributed by atoms with van der Waals surface area (Å²) >= 11 is 0. The second kappa shape index (κ2) is 6.45. The first-order valence-electron chi connectivity index (χ1n) is 7.64. The summed E-state index contributed by atoms with van der Waals surface area (Å²) in [5.74, 6) is 0.794. The van der Waals surface area contributed by atoms with Crippen LogP contribution in [0.2, 0.25) is 0 Å². The summed E-state index contributed by atoms with van der Waals surface area (Å²) in [6.45, 7) is 2.23. The van der Waals surface area contributed by atoms with Gasteiger partial charge in [0.1, 0.15) is 0 Å². The van der Waals surface area contributed by atoms with Crippen molar-refractivity contribution >= 4 is 5.69 Å². The van der Waals surface area contributed by atoms with Gasteiger partial charge in [0, 0.05) is 18.8 Å². The molecule has 21 heavy (non-hydrogen) atoms. The highest BCUT2D eigenvalue weighted by Crippen LogP contribution is 2.25. The highest BCUT2D eigenvalue weighted by atomic mass is 15.1. The van der Waals surface area contributed by atoms with Crippen LogP contribution < -0.4 is 4.90 Å². The maximum atomic E-state index is 8.85. The molecule has 1 heterocycles. The van der Waals surface area contributed by atoms with Crippen molar-refractivity contribution in [1.29, 1.82) is 5.26 Å². The number of nitriles is 1. The molecule has 1 fully saturated rings. The Balaban J connectivity index is 1.56. The van der Waals surface area contributed by atoms with E-state index in [1.807, 2.05) is 12.1 Å². The Bertz CT molecular complexity index is 602. The molecule has 106 valence electrons. The first kappa shape index (κ1) is 13.7. The predicted octanol–water partition coefficient (Wildman–Crippen LogP) is 4.02. The maximum absolute atomic E-state index is 8.85. The van der Waals surface area contributed by atoms with E-state index < -0.39 is 0 Å². The Morgan fingerprint density at radius 3 is 2.24 bits per heavy atom. The molecule has 2 aromatic carbocycles. The smallest absolute Gasteiger partial charge is 0.0991 e. The van der Waals surface area contributed by atoms with Gasteiger partial charge in [0.15, 0.2) is 0 Å². The molecule has 2 aromatic rings. The predicted molar refractivity (Wildman–Crippen MR) is 86.2 cm³/mol. The fraction of sp³-hybridized carbons (Fsp3) is 0.316. The van der Waals surface area contributed by atoms with Crippen molar-refractivity contribution < 1.29 is 0 Å². The molecule has 0 bridgehead atoms. The third-order valence-electron chi connectivity index (χ3n) is 4.34. The van der Waals surface area contributed by atoms with Crippen LogP contribution in [0, 0.1) is 17.2 Å². The zero-order valence-electron chi connectivity index (χ0n) is 12.2. The van der Waals surface area contributed by atoms with E-state index in [0.29, 0.717) is 0 Å². The van der Waals surface area contributed by atoms with Crippen LogP contribution >= 0.6 is 0 Å². The van der Waals surface area contributed by atoms with Crippen LogP contribution in [0.5, 0.6) is 0 Å². The lowest BCUT2D eigenvalue weighted by Gasteiger charge is -2.33. The Labute approximate surface area is 126 Å². The second-order valence-electron chi connectivity index (χ2n) is 5.78. The summed E-state index contributed by atoms with van der Waals surface area (Å²) in [4.78, 5) is 2.43. The van der Waals surface area contributed by atoms with Crippen molar-refractivity contribution in [1.82, 2.24) is 0 Å². The normalized spacial score (nSPS) is 15.7. The highest BCUT2D eigenvalue weighted by Gasteiger charge is 2.19. The van der Waals surface area contributed by atoms with E-state index in [2.05, 4.69) is 53.4 Å². The molecule has 0 unspecified atom stereocenters. The third kappa shape index (κ3) is 3.44. The molecule has 0 N–H and O–H groups in total. The number of hydrogen-bond donors (Lipinski definition) is 0. The molecule has 0 radical (unpaired) electrons. The van der Waals surface area contributed by atoms with Crippen LogP contribution in [0.3, 0.4) is 0 Å². The molecule has 0 atom stereocenters. The molecule has 0 aromatic heterocycles. The topological polar surface area (TPSA) is 27.0 Å². The van der Waals surface area contributed by atoms with E-state index in [1.165, 1.54) is 30.5 Å². The van der Waals surface area contributed by atoms with Gasteiger partial charge in [-0.15, -0.1) is 0 Å². The number of anilines is 1. The number of rotatable bonds is 3. The van der Waals surface area contributed by atoms with Gasteiger partial charge in [-0.25, -0.2) is 0 Å². The van der Waals surface area contributed by atoms with Gasteiger partial charge in [0.25, 0.3) is 0 Å². The molecule has 0 saturated carbocycles. The van der Waals surface area contributed by atoms with E-state index in [4.69, 9.17) is 5.26 Å². The Hall–Kier alpha value is -2.27.